The van der Waals surface area contributed by atoms with Gasteiger partial charge < -0.3 is 5.32 Å². The molecule has 0 spiro atoms. The van der Waals surface area contributed by atoms with Crippen LogP contribution in [0.15, 0.2) is 50.9 Å². The summed E-state index contributed by atoms with van der Waals surface area (Å²) in [4.78, 5) is 4.93. The third-order valence-electron chi connectivity index (χ3n) is 2.70. The number of pyridine rings is 1. The van der Waals surface area contributed by atoms with Gasteiger partial charge >= 0.3 is 0 Å². The van der Waals surface area contributed by atoms with Crippen molar-refractivity contribution in [3.8, 4) is 0 Å². The number of nitrogens with zero attached hydrogens (tertiary/aromatic N) is 1. The Morgan fingerprint density at radius 2 is 2.15 bits per heavy atom. The minimum Gasteiger partial charge on any atom is -0.313 e. The summed E-state index contributed by atoms with van der Waals surface area (Å²) in [6, 6.07) is 8.98. The fourth-order valence-corrected chi connectivity index (χ4v) is 2.86. The third-order valence-corrected chi connectivity index (χ3v) is 4.28. The highest BCUT2D eigenvalue weighted by molar-refractivity contribution is 9.10. The molecule has 0 atom stereocenters. The number of hydrogen-bond donors (Lipinski definition) is 1. The third kappa shape index (κ3) is 4.30. The Morgan fingerprint density at radius 3 is 2.85 bits per heavy atom. The molecule has 1 aromatic carbocycles. The molecule has 1 heterocycles. The lowest BCUT2D eigenvalue weighted by molar-refractivity contribution is 0.588. The van der Waals surface area contributed by atoms with Crippen molar-refractivity contribution in [1.82, 2.24) is 10.3 Å². The average Bonchev–Trinajstić information content (AvgIpc) is 2.45. The summed E-state index contributed by atoms with van der Waals surface area (Å²) in [6.45, 7) is 3.71. The predicted molar refractivity (Wildman–Crippen MR) is 84.5 cm³/mol. The topological polar surface area (TPSA) is 24.9 Å². The van der Waals surface area contributed by atoms with Gasteiger partial charge in [0.25, 0.3) is 0 Å². The molecular weight excluding hydrogens is 339 g/mol. The molecule has 20 heavy (non-hydrogen) atoms. The van der Waals surface area contributed by atoms with Crippen LogP contribution in [0.3, 0.4) is 0 Å². The van der Waals surface area contributed by atoms with Gasteiger partial charge in [0, 0.05) is 17.2 Å². The van der Waals surface area contributed by atoms with E-state index in [1.807, 2.05) is 18.2 Å². The summed E-state index contributed by atoms with van der Waals surface area (Å²) in [5.74, 6) is -0.199. The second-order valence-corrected chi connectivity index (χ2v) is 6.27. The summed E-state index contributed by atoms with van der Waals surface area (Å²) in [7, 11) is 0. The highest BCUT2D eigenvalue weighted by Gasteiger charge is 2.10. The Labute approximate surface area is 131 Å². The lowest BCUT2D eigenvalue weighted by Crippen LogP contribution is -2.14. The van der Waals surface area contributed by atoms with Crippen molar-refractivity contribution >= 4 is 27.7 Å². The van der Waals surface area contributed by atoms with Gasteiger partial charge in [-0.15, -0.1) is 0 Å². The molecule has 2 aromatic rings. The Bertz CT molecular complexity index is 560. The molecule has 0 saturated carbocycles. The van der Waals surface area contributed by atoms with Crippen LogP contribution in [0.2, 0.25) is 0 Å². The molecular formula is C15H16BrFN2S. The van der Waals surface area contributed by atoms with Gasteiger partial charge in [-0.25, -0.2) is 9.37 Å². The van der Waals surface area contributed by atoms with E-state index in [1.165, 1.54) is 17.8 Å². The van der Waals surface area contributed by atoms with E-state index in [2.05, 4.69) is 33.2 Å². The maximum absolute atomic E-state index is 14.0. The van der Waals surface area contributed by atoms with E-state index < -0.39 is 0 Å². The van der Waals surface area contributed by atoms with Crippen LogP contribution in [0.5, 0.6) is 0 Å². The monoisotopic (exact) mass is 354 g/mol. The van der Waals surface area contributed by atoms with Crippen molar-refractivity contribution in [1.29, 1.82) is 0 Å². The molecule has 0 fully saturated rings. The fourth-order valence-electron chi connectivity index (χ4n) is 1.73. The van der Waals surface area contributed by atoms with Crippen molar-refractivity contribution < 1.29 is 4.39 Å². The van der Waals surface area contributed by atoms with Crippen LogP contribution in [-0.2, 0) is 6.54 Å². The summed E-state index contributed by atoms with van der Waals surface area (Å²) >= 11 is 4.71. The van der Waals surface area contributed by atoms with E-state index in [0.29, 0.717) is 11.4 Å². The van der Waals surface area contributed by atoms with E-state index in [0.717, 1.165) is 28.0 Å². The summed E-state index contributed by atoms with van der Waals surface area (Å²) in [5.41, 5.74) is 0.966. The van der Waals surface area contributed by atoms with E-state index in [9.17, 15) is 4.39 Å². The van der Waals surface area contributed by atoms with E-state index in [1.54, 1.807) is 12.3 Å². The molecule has 0 amide bonds. The van der Waals surface area contributed by atoms with Gasteiger partial charge in [0.05, 0.1) is 4.90 Å². The average molecular weight is 355 g/mol. The van der Waals surface area contributed by atoms with Crippen LogP contribution in [0.25, 0.3) is 0 Å². The lowest BCUT2D eigenvalue weighted by Gasteiger charge is -2.10. The summed E-state index contributed by atoms with van der Waals surface area (Å²) in [5, 5.41) is 4.09. The van der Waals surface area contributed by atoms with Crippen molar-refractivity contribution in [2.75, 3.05) is 6.54 Å². The number of halogens is 2. The highest BCUT2D eigenvalue weighted by Crippen LogP contribution is 2.32. The molecule has 0 unspecified atom stereocenters. The van der Waals surface area contributed by atoms with Crippen LogP contribution in [0.4, 0.5) is 4.39 Å². The number of benzene rings is 1. The SMILES string of the molecule is CCCNCc1cccc(F)c1Sc1ccc(Br)cn1. The predicted octanol–water partition coefficient (Wildman–Crippen LogP) is 4.63. The zero-order valence-corrected chi connectivity index (χ0v) is 13.6. The van der Waals surface area contributed by atoms with Gasteiger partial charge in [-0.1, -0.05) is 30.8 Å². The molecule has 1 N–H and O–H groups in total. The number of hydrogen-bond acceptors (Lipinski definition) is 3. The number of aromatic nitrogens is 1. The molecule has 1 aromatic heterocycles. The molecule has 0 saturated heterocycles. The largest absolute Gasteiger partial charge is 0.313 e. The van der Waals surface area contributed by atoms with Gasteiger partial charge in [0.1, 0.15) is 10.8 Å². The van der Waals surface area contributed by atoms with Gasteiger partial charge in [0.2, 0.25) is 0 Å². The Hall–Kier alpha value is -0.910. The minimum atomic E-state index is -0.199. The molecule has 0 aliphatic carbocycles. The minimum absolute atomic E-state index is 0.199. The Balaban J connectivity index is 2.18. The van der Waals surface area contributed by atoms with E-state index in [4.69, 9.17) is 0 Å². The molecule has 0 aliphatic rings. The zero-order chi connectivity index (χ0) is 14.4. The molecule has 106 valence electrons. The Kier molecular flexibility index (Phi) is 6.01. The second kappa shape index (κ2) is 7.76. The number of rotatable bonds is 6. The maximum Gasteiger partial charge on any atom is 0.137 e. The quantitative estimate of drug-likeness (QED) is 0.765. The van der Waals surface area contributed by atoms with E-state index >= 15 is 0 Å². The number of nitrogens with one attached hydrogen (secondary N) is 1. The summed E-state index contributed by atoms with van der Waals surface area (Å²) in [6.07, 6.45) is 2.78. The van der Waals surface area contributed by atoms with Gasteiger partial charge in [0.15, 0.2) is 0 Å². The maximum atomic E-state index is 14.0. The summed E-state index contributed by atoms with van der Waals surface area (Å²) < 4.78 is 15.0. The van der Waals surface area contributed by atoms with Crippen molar-refractivity contribution in [2.45, 2.75) is 29.8 Å². The zero-order valence-electron chi connectivity index (χ0n) is 11.2. The molecule has 0 radical (unpaired) electrons. The van der Waals surface area contributed by atoms with Crippen LogP contribution < -0.4 is 5.32 Å². The molecule has 2 nitrogen and oxygen atoms in total. The van der Waals surface area contributed by atoms with Gasteiger partial charge in [-0.2, -0.15) is 0 Å². The highest BCUT2D eigenvalue weighted by atomic mass is 79.9. The van der Waals surface area contributed by atoms with Gasteiger partial charge in [-0.3, -0.25) is 0 Å². The van der Waals surface area contributed by atoms with Crippen LogP contribution in [0, 0.1) is 5.82 Å². The normalized spacial score (nSPS) is 10.8. The first-order valence-electron chi connectivity index (χ1n) is 6.48. The standard InChI is InChI=1S/C15H16BrFN2S/c1-2-8-18-9-11-4-3-5-13(17)15(11)20-14-7-6-12(16)10-19-14/h3-7,10,18H,2,8-9H2,1H3. The van der Waals surface area contributed by atoms with Crippen LogP contribution >= 0.6 is 27.7 Å². The van der Waals surface area contributed by atoms with Crippen LogP contribution in [-0.4, -0.2) is 11.5 Å². The lowest BCUT2D eigenvalue weighted by atomic mass is 10.2. The fraction of sp³-hybridized carbons (Fsp3) is 0.267. The van der Waals surface area contributed by atoms with Gasteiger partial charge in [-0.05, 0) is 52.7 Å². The second-order valence-electron chi connectivity index (χ2n) is 4.32. The molecule has 2 rings (SSSR count). The molecule has 5 heteroatoms. The molecule has 0 aliphatic heterocycles. The van der Waals surface area contributed by atoms with Crippen molar-refractivity contribution in [2.24, 2.45) is 0 Å². The Morgan fingerprint density at radius 1 is 1.30 bits per heavy atom. The first-order valence-corrected chi connectivity index (χ1v) is 8.09. The van der Waals surface area contributed by atoms with Crippen molar-refractivity contribution in [3.05, 3.63) is 52.4 Å². The van der Waals surface area contributed by atoms with E-state index in [-0.39, 0.29) is 5.82 Å². The first-order chi connectivity index (χ1) is 9.70. The van der Waals surface area contributed by atoms with Crippen LogP contribution in [0.1, 0.15) is 18.9 Å². The first kappa shape index (κ1) is 15.5. The smallest absolute Gasteiger partial charge is 0.137 e. The molecule has 0 bridgehead atoms. The van der Waals surface area contributed by atoms with Crippen molar-refractivity contribution in [3.63, 3.8) is 0 Å².